The number of hydrogen-bond acceptors (Lipinski definition) is 11. The van der Waals surface area contributed by atoms with Gasteiger partial charge in [0.25, 0.3) is 0 Å². The van der Waals surface area contributed by atoms with E-state index >= 15 is 0 Å². The Labute approximate surface area is 262 Å². The highest BCUT2D eigenvalue weighted by atomic mass is 32.1. The van der Waals surface area contributed by atoms with E-state index in [1.165, 1.54) is 0 Å². The molecule has 1 aliphatic rings. The minimum atomic E-state index is 0.589. The first-order valence-electron chi connectivity index (χ1n) is 14.3. The lowest BCUT2D eigenvalue weighted by atomic mass is 10.1. The maximum Gasteiger partial charge on any atom is 0.203 e. The molecule has 0 atom stereocenters. The minimum absolute atomic E-state index is 0.589. The van der Waals surface area contributed by atoms with E-state index in [2.05, 4.69) is 26.6 Å². The van der Waals surface area contributed by atoms with Crippen LogP contribution in [0.5, 0.6) is 28.7 Å². The highest BCUT2D eigenvalue weighted by Crippen LogP contribution is 2.42. The fourth-order valence-corrected chi connectivity index (χ4v) is 7.06. The third kappa shape index (κ3) is 7.23. The van der Waals surface area contributed by atoms with E-state index in [0.29, 0.717) is 17.2 Å². The molecule has 11 heteroatoms. The molecule has 4 aromatic rings. The largest absolute Gasteiger partial charge is 0.493 e. The van der Waals surface area contributed by atoms with Crippen molar-refractivity contribution < 1.29 is 23.7 Å². The molecule has 2 aromatic heterocycles. The first kappa shape index (κ1) is 31.1. The third-order valence-corrected chi connectivity index (χ3v) is 9.64. The van der Waals surface area contributed by atoms with Crippen molar-refractivity contribution in [1.82, 2.24) is 19.8 Å². The molecule has 2 aromatic carbocycles. The van der Waals surface area contributed by atoms with Gasteiger partial charge in [-0.3, -0.25) is 0 Å². The summed E-state index contributed by atoms with van der Waals surface area (Å²) < 4.78 is 27.5. The molecular weight excluding hydrogens is 585 g/mol. The van der Waals surface area contributed by atoms with Gasteiger partial charge >= 0.3 is 0 Å². The van der Waals surface area contributed by atoms with Crippen LogP contribution >= 0.6 is 22.7 Å². The number of piperazine rings is 1. The van der Waals surface area contributed by atoms with Crippen LogP contribution in [0, 0.1) is 6.92 Å². The van der Waals surface area contributed by atoms with Crippen LogP contribution in [-0.2, 0) is 12.8 Å². The van der Waals surface area contributed by atoms with Gasteiger partial charge in [0.15, 0.2) is 23.0 Å². The smallest absolute Gasteiger partial charge is 0.203 e. The molecule has 0 aliphatic carbocycles. The Morgan fingerprint density at radius 2 is 1.02 bits per heavy atom. The summed E-state index contributed by atoms with van der Waals surface area (Å²) in [5.41, 5.74) is 5.32. The van der Waals surface area contributed by atoms with Crippen molar-refractivity contribution >= 4 is 22.7 Å². The second-order valence-corrected chi connectivity index (χ2v) is 12.1. The van der Waals surface area contributed by atoms with Crippen LogP contribution in [0.15, 0.2) is 35.0 Å². The molecule has 0 spiro atoms. The Morgan fingerprint density at radius 3 is 1.44 bits per heavy atom. The minimum Gasteiger partial charge on any atom is -0.493 e. The molecule has 0 saturated carbocycles. The van der Waals surface area contributed by atoms with Crippen molar-refractivity contribution in [2.24, 2.45) is 0 Å². The Balaban J connectivity index is 1.09. The number of thiazole rings is 2. The van der Waals surface area contributed by atoms with Gasteiger partial charge in [0.2, 0.25) is 5.75 Å². The first-order valence-corrected chi connectivity index (χ1v) is 16.1. The second kappa shape index (κ2) is 14.4. The lowest BCUT2D eigenvalue weighted by molar-refractivity contribution is 0.134. The van der Waals surface area contributed by atoms with Crippen LogP contribution in [0.25, 0.3) is 21.1 Å². The normalized spacial score (nSPS) is 14.1. The van der Waals surface area contributed by atoms with E-state index in [1.54, 1.807) is 58.2 Å². The van der Waals surface area contributed by atoms with Gasteiger partial charge in [0.1, 0.15) is 10.0 Å². The number of benzene rings is 2. The topological polar surface area (TPSA) is 78.4 Å². The van der Waals surface area contributed by atoms with Crippen molar-refractivity contribution in [2.45, 2.75) is 19.8 Å². The zero-order chi connectivity index (χ0) is 30.3. The molecule has 0 bridgehead atoms. The average Bonchev–Trinajstić information content (AvgIpc) is 3.72. The Hall–Kier alpha value is -3.38. The number of aromatic nitrogens is 2. The fourth-order valence-electron chi connectivity index (χ4n) is 5.37. The molecule has 9 nitrogen and oxygen atoms in total. The Bertz CT molecular complexity index is 1490. The van der Waals surface area contributed by atoms with Crippen molar-refractivity contribution in [2.75, 3.05) is 74.8 Å². The Morgan fingerprint density at radius 1 is 0.605 bits per heavy atom. The van der Waals surface area contributed by atoms with E-state index in [1.807, 2.05) is 25.1 Å². The quantitative estimate of drug-likeness (QED) is 0.187. The summed E-state index contributed by atoms with van der Waals surface area (Å²) in [5, 5.41) is 6.29. The molecule has 230 valence electrons. The van der Waals surface area contributed by atoms with Gasteiger partial charge < -0.3 is 33.5 Å². The third-order valence-electron chi connectivity index (χ3n) is 7.76. The van der Waals surface area contributed by atoms with E-state index in [4.69, 9.17) is 33.7 Å². The molecule has 43 heavy (non-hydrogen) atoms. The number of aryl methyl sites for hydroxylation is 1. The van der Waals surface area contributed by atoms with Gasteiger partial charge in [-0.25, -0.2) is 9.97 Å². The fraction of sp³-hybridized carbons (Fsp3) is 0.438. The average molecular weight is 625 g/mol. The molecule has 0 N–H and O–H groups in total. The van der Waals surface area contributed by atoms with E-state index in [0.717, 1.165) is 102 Å². The Kier molecular flexibility index (Phi) is 10.4. The lowest BCUT2D eigenvalue weighted by Crippen LogP contribution is -2.47. The van der Waals surface area contributed by atoms with Crippen molar-refractivity contribution in [3.63, 3.8) is 0 Å². The number of methoxy groups -OCH3 is 5. The van der Waals surface area contributed by atoms with Gasteiger partial charge in [-0.2, -0.15) is 0 Å². The molecule has 3 heterocycles. The van der Waals surface area contributed by atoms with Crippen molar-refractivity contribution in [3.8, 4) is 49.9 Å². The van der Waals surface area contributed by atoms with E-state index in [-0.39, 0.29) is 0 Å². The van der Waals surface area contributed by atoms with Gasteiger partial charge in [-0.05, 0) is 36.8 Å². The van der Waals surface area contributed by atoms with Gasteiger partial charge in [0, 0.05) is 74.0 Å². The summed E-state index contributed by atoms with van der Waals surface area (Å²) in [5.74, 6) is 3.37. The summed E-state index contributed by atoms with van der Waals surface area (Å²) in [6.07, 6.45) is 1.88. The predicted octanol–water partition coefficient (Wildman–Crippen LogP) is 5.69. The van der Waals surface area contributed by atoms with Crippen LogP contribution in [0.4, 0.5) is 0 Å². The standard InChI is InChI=1S/C32H40N4O5S2/c1-21-15-22(16-26(37-2)29(21)40-5)31-33-24(19-42-31)7-9-35-11-13-36(14-12-35)10-8-25-20-43-32(34-25)23-17-27(38-3)30(41-6)28(18-23)39-4/h15-20H,7-14H2,1-6H3. The second-order valence-electron chi connectivity index (χ2n) is 10.4. The van der Waals surface area contributed by atoms with Crippen molar-refractivity contribution in [3.05, 3.63) is 52.0 Å². The highest BCUT2D eigenvalue weighted by molar-refractivity contribution is 7.13. The van der Waals surface area contributed by atoms with Gasteiger partial charge in [-0.1, -0.05) is 0 Å². The number of nitrogens with zero attached hydrogens (tertiary/aromatic N) is 4. The van der Waals surface area contributed by atoms with Crippen LogP contribution in [-0.4, -0.2) is 94.6 Å². The summed E-state index contributed by atoms with van der Waals surface area (Å²) in [7, 11) is 8.21. The highest BCUT2D eigenvalue weighted by Gasteiger charge is 2.19. The first-order chi connectivity index (χ1) is 21.0. The van der Waals surface area contributed by atoms with Crippen LogP contribution in [0.1, 0.15) is 17.0 Å². The molecule has 1 fully saturated rings. The molecule has 5 rings (SSSR count). The van der Waals surface area contributed by atoms with Gasteiger partial charge in [-0.15, -0.1) is 22.7 Å². The molecule has 0 unspecified atom stereocenters. The van der Waals surface area contributed by atoms with Gasteiger partial charge in [0.05, 0.1) is 46.9 Å². The van der Waals surface area contributed by atoms with Crippen molar-refractivity contribution in [1.29, 1.82) is 0 Å². The molecule has 1 aliphatic heterocycles. The zero-order valence-corrected chi connectivity index (χ0v) is 27.4. The summed E-state index contributed by atoms with van der Waals surface area (Å²) in [4.78, 5) is 14.9. The van der Waals surface area contributed by atoms with Crippen LogP contribution in [0.3, 0.4) is 0 Å². The molecular formula is C32H40N4O5S2. The predicted molar refractivity (Wildman–Crippen MR) is 173 cm³/mol. The van der Waals surface area contributed by atoms with E-state index < -0.39 is 0 Å². The molecule has 1 saturated heterocycles. The lowest BCUT2D eigenvalue weighted by Gasteiger charge is -2.34. The molecule has 0 amide bonds. The number of ether oxygens (including phenoxy) is 5. The van der Waals surface area contributed by atoms with Crippen LogP contribution < -0.4 is 23.7 Å². The van der Waals surface area contributed by atoms with Crippen LogP contribution in [0.2, 0.25) is 0 Å². The monoisotopic (exact) mass is 624 g/mol. The SMILES string of the molecule is COc1cc(-c2nc(CCN3CCN(CCc4csc(-c5cc(OC)c(OC)c(OC)c5)n4)CC3)cs2)cc(C)c1OC. The zero-order valence-electron chi connectivity index (χ0n) is 25.8. The molecule has 0 radical (unpaired) electrons. The summed E-state index contributed by atoms with van der Waals surface area (Å²) in [6, 6.07) is 8.02. The summed E-state index contributed by atoms with van der Waals surface area (Å²) in [6.45, 7) is 8.33. The van der Waals surface area contributed by atoms with E-state index in [9.17, 15) is 0 Å². The number of hydrogen-bond donors (Lipinski definition) is 0. The number of rotatable bonds is 13. The maximum absolute atomic E-state index is 5.53. The maximum atomic E-state index is 5.53. The summed E-state index contributed by atoms with van der Waals surface area (Å²) >= 11 is 3.33.